The van der Waals surface area contributed by atoms with E-state index in [-0.39, 0.29) is 6.01 Å². The highest BCUT2D eigenvalue weighted by Crippen LogP contribution is 2.29. The highest BCUT2D eigenvalue weighted by atomic mass is 35.5. The molecule has 0 aliphatic carbocycles. The summed E-state index contributed by atoms with van der Waals surface area (Å²) in [5.74, 6) is 1.06. The Bertz CT molecular complexity index is 517. The van der Waals surface area contributed by atoms with Crippen molar-refractivity contribution in [1.82, 2.24) is 15.0 Å². The van der Waals surface area contributed by atoms with E-state index in [2.05, 4.69) is 20.3 Å². The SMILES string of the molecule is CCNc1nc(OC)nc(-c2ccc(Cl)s2)n1. The quantitative estimate of drug-likeness (QED) is 0.926. The van der Waals surface area contributed by atoms with Gasteiger partial charge in [0.05, 0.1) is 16.3 Å². The molecular formula is C10H11ClN4OS. The molecule has 5 nitrogen and oxygen atoms in total. The van der Waals surface area contributed by atoms with Gasteiger partial charge in [-0.25, -0.2) is 0 Å². The summed E-state index contributed by atoms with van der Waals surface area (Å²) in [6.07, 6.45) is 0. The molecule has 0 radical (unpaired) electrons. The minimum atomic E-state index is 0.287. The predicted molar refractivity (Wildman–Crippen MR) is 68.9 cm³/mol. The van der Waals surface area contributed by atoms with Crippen LogP contribution in [0.1, 0.15) is 6.92 Å². The number of hydrogen-bond acceptors (Lipinski definition) is 6. The fourth-order valence-corrected chi connectivity index (χ4v) is 2.21. The summed E-state index contributed by atoms with van der Waals surface area (Å²) < 4.78 is 5.74. The number of nitrogens with one attached hydrogen (secondary N) is 1. The van der Waals surface area contributed by atoms with Crippen LogP contribution in [0.2, 0.25) is 4.34 Å². The van der Waals surface area contributed by atoms with Gasteiger partial charge >= 0.3 is 6.01 Å². The second-order valence-electron chi connectivity index (χ2n) is 3.10. The van der Waals surface area contributed by atoms with E-state index in [1.807, 2.05) is 19.1 Å². The molecular weight excluding hydrogens is 260 g/mol. The van der Waals surface area contributed by atoms with E-state index < -0.39 is 0 Å². The van der Waals surface area contributed by atoms with Crippen molar-refractivity contribution < 1.29 is 4.74 Å². The highest BCUT2D eigenvalue weighted by molar-refractivity contribution is 7.19. The van der Waals surface area contributed by atoms with Gasteiger partial charge in [0.1, 0.15) is 0 Å². The first kappa shape index (κ1) is 12.1. The third kappa shape index (κ3) is 2.83. The number of ether oxygens (including phenoxy) is 1. The van der Waals surface area contributed by atoms with Crippen LogP contribution in [-0.4, -0.2) is 28.6 Å². The van der Waals surface area contributed by atoms with Gasteiger partial charge in [0.2, 0.25) is 5.95 Å². The Morgan fingerprint density at radius 1 is 1.35 bits per heavy atom. The molecule has 2 aromatic heterocycles. The molecule has 1 N–H and O–H groups in total. The van der Waals surface area contributed by atoms with Crippen molar-refractivity contribution in [1.29, 1.82) is 0 Å². The summed E-state index contributed by atoms with van der Waals surface area (Å²) in [5, 5.41) is 3.03. The smallest absolute Gasteiger partial charge is 0.321 e. The number of nitrogens with zero attached hydrogens (tertiary/aromatic N) is 3. The number of anilines is 1. The summed E-state index contributed by atoms with van der Waals surface area (Å²) >= 11 is 7.30. The molecule has 0 saturated carbocycles. The van der Waals surface area contributed by atoms with Crippen molar-refractivity contribution in [2.45, 2.75) is 6.92 Å². The molecule has 0 spiro atoms. The van der Waals surface area contributed by atoms with Gasteiger partial charge in [-0.15, -0.1) is 11.3 Å². The van der Waals surface area contributed by atoms with Crippen molar-refractivity contribution >= 4 is 28.9 Å². The van der Waals surface area contributed by atoms with Crippen molar-refractivity contribution in [3.05, 3.63) is 16.5 Å². The van der Waals surface area contributed by atoms with E-state index >= 15 is 0 Å². The lowest BCUT2D eigenvalue weighted by Gasteiger charge is -2.05. The Kier molecular flexibility index (Phi) is 3.75. The first-order chi connectivity index (χ1) is 8.22. The molecule has 2 rings (SSSR count). The third-order valence-electron chi connectivity index (χ3n) is 1.93. The fourth-order valence-electron chi connectivity index (χ4n) is 1.23. The van der Waals surface area contributed by atoms with E-state index in [4.69, 9.17) is 16.3 Å². The van der Waals surface area contributed by atoms with Crippen LogP contribution in [0.4, 0.5) is 5.95 Å². The van der Waals surface area contributed by atoms with Gasteiger partial charge in [0.15, 0.2) is 5.82 Å². The Morgan fingerprint density at radius 2 is 2.18 bits per heavy atom. The zero-order chi connectivity index (χ0) is 12.3. The van der Waals surface area contributed by atoms with Gasteiger partial charge in [0.25, 0.3) is 0 Å². The molecule has 0 amide bonds. The lowest BCUT2D eigenvalue weighted by Crippen LogP contribution is -2.05. The molecule has 2 aromatic rings. The summed E-state index contributed by atoms with van der Waals surface area (Å²) in [7, 11) is 1.52. The van der Waals surface area contributed by atoms with E-state index in [0.717, 1.165) is 11.4 Å². The zero-order valence-electron chi connectivity index (χ0n) is 9.40. The number of rotatable bonds is 4. The first-order valence-electron chi connectivity index (χ1n) is 5.02. The summed E-state index contributed by atoms with van der Waals surface area (Å²) in [6, 6.07) is 3.97. The molecule has 0 aliphatic heterocycles. The van der Waals surface area contributed by atoms with Gasteiger partial charge in [-0.3, -0.25) is 0 Å². The van der Waals surface area contributed by atoms with E-state index in [0.29, 0.717) is 16.1 Å². The van der Waals surface area contributed by atoms with Crippen molar-refractivity contribution in [2.24, 2.45) is 0 Å². The topological polar surface area (TPSA) is 59.9 Å². The van der Waals surface area contributed by atoms with Crippen LogP contribution in [0.25, 0.3) is 10.7 Å². The van der Waals surface area contributed by atoms with Crippen LogP contribution in [0.15, 0.2) is 12.1 Å². The molecule has 0 aromatic carbocycles. The van der Waals surface area contributed by atoms with Crippen molar-refractivity contribution in [2.75, 3.05) is 19.0 Å². The number of hydrogen-bond donors (Lipinski definition) is 1. The molecule has 7 heteroatoms. The second kappa shape index (κ2) is 5.29. The van der Waals surface area contributed by atoms with Crippen LogP contribution >= 0.6 is 22.9 Å². The van der Waals surface area contributed by atoms with Crippen molar-refractivity contribution in [3.8, 4) is 16.7 Å². The van der Waals surface area contributed by atoms with Gasteiger partial charge in [-0.05, 0) is 19.1 Å². The van der Waals surface area contributed by atoms with Crippen LogP contribution in [0.5, 0.6) is 6.01 Å². The monoisotopic (exact) mass is 270 g/mol. The number of halogens is 1. The van der Waals surface area contributed by atoms with Crippen LogP contribution in [-0.2, 0) is 0 Å². The molecule has 0 aliphatic rings. The van der Waals surface area contributed by atoms with Gasteiger partial charge in [0, 0.05) is 6.54 Å². The van der Waals surface area contributed by atoms with Crippen LogP contribution in [0.3, 0.4) is 0 Å². The number of thiophene rings is 1. The Hall–Kier alpha value is -1.40. The lowest BCUT2D eigenvalue weighted by atomic mass is 10.4. The molecule has 17 heavy (non-hydrogen) atoms. The predicted octanol–water partition coefficient (Wildman–Crippen LogP) is 2.69. The van der Waals surface area contributed by atoms with Gasteiger partial charge in [-0.2, -0.15) is 15.0 Å². The minimum absolute atomic E-state index is 0.287. The third-order valence-corrected chi connectivity index (χ3v) is 3.15. The fraction of sp³-hybridized carbons (Fsp3) is 0.300. The minimum Gasteiger partial charge on any atom is -0.467 e. The lowest BCUT2D eigenvalue weighted by molar-refractivity contribution is 0.379. The second-order valence-corrected chi connectivity index (χ2v) is 4.82. The Balaban J connectivity index is 2.42. The molecule has 90 valence electrons. The Morgan fingerprint density at radius 3 is 2.76 bits per heavy atom. The molecule has 2 heterocycles. The highest BCUT2D eigenvalue weighted by Gasteiger charge is 2.10. The molecule has 0 atom stereocenters. The maximum absolute atomic E-state index is 5.89. The maximum Gasteiger partial charge on any atom is 0.321 e. The molecule has 0 saturated heterocycles. The standard InChI is InChI=1S/C10H11ClN4OS/c1-3-12-9-13-8(14-10(15-9)16-2)6-4-5-7(11)17-6/h4-5H,3H2,1-2H3,(H,12,13,14,15). The van der Waals surface area contributed by atoms with E-state index in [1.165, 1.54) is 18.4 Å². The summed E-state index contributed by atoms with van der Waals surface area (Å²) in [6.45, 7) is 2.70. The summed E-state index contributed by atoms with van der Waals surface area (Å²) in [5.41, 5.74) is 0. The average molecular weight is 271 g/mol. The molecule has 0 unspecified atom stereocenters. The largest absolute Gasteiger partial charge is 0.467 e. The number of aromatic nitrogens is 3. The van der Waals surface area contributed by atoms with Crippen molar-refractivity contribution in [3.63, 3.8) is 0 Å². The van der Waals surface area contributed by atoms with Crippen LogP contribution in [0, 0.1) is 0 Å². The van der Waals surface area contributed by atoms with Crippen LogP contribution < -0.4 is 10.1 Å². The maximum atomic E-state index is 5.89. The van der Waals surface area contributed by atoms with E-state index in [9.17, 15) is 0 Å². The summed E-state index contributed by atoms with van der Waals surface area (Å²) in [4.78, 5) is 13.5. The average Bonchev–Trinajstić information content (AvgIpc) is 2.76. The Labute approximate surface area is 108 Å². The zero-order valence-corrected chi connectivity index (χ0v) is 11.0. The molecule has 0 bridgehead atoms. The first-order valence-corrected chi connectivity index (χ1v) is 6.22. The number of methoxy groups -OCH3 is 1. The van der Waals surface area contributed by atoms with Gasteiger partial charge in [-0.1, -0.05) is 11.6 Å². The normalized spacial score (nSPS) is 10.3. The molecule has 0 fully saturated rings. The van der Waals surface area contributed by atoms with E-state index in [1.54, 1.807) is 0 Å². The van der Waals surface area contributed by atoms with Gasteiger partial charge < -0.3 is 10.1 Å².